The minimum atomic E-state index is -0.393. The molecular weight excluding hydrogens is 424 g/mol. The summed E-state index contributed by atoms with van der Waals surface area (Å²) in [6.07, 6.45) is 0. The Bertz CT molecular complexity index is 1370. The van der Waals surface area contributed by atoms with Gasteiger partial charge in [0, 0.05) is 53.9 Å². The van der Waals surface area contributed by atoms with Crippen molar-refractivity contribution in [2.45, 2.75) is 6.54 Å². The van der Waals surface area contributed by atoms with E-state index in [4.69, 9.17) is 4.42 Å². The second kappa shape index (κ2) is 7.52. The number of rotatable bonds is 4. The van der Waals surface area contributed by atoms with E-state index in [1.165, 1.54) is 4.68 Å². The number of ketones is 2. The summed E-state index contributed by atoms with van der Waals surface area (Å²) in [5.74, 6) is -0.737. The van der Waals surface area contributed by atoms with Gasteiger partial charge in [-0.2, -0.15) is 4.98 Å². The van der Waals surface area contributed by atoms with Crippen LogP contribution < -0.4 is 9.86 Å². The zero-order valence-corrected chi connectivity index (χ0v) is 17.7. The first-order chi connectivity index (χ1) is 16.1. The number of piperazine rings is 1. The van der Waals surface area contributed by atoms with Crippen molar-refractivity contribution in [2.75, 3.05) is 37.6 Å². The van der Waals surface area contributed by atoms with E-state index in [0.717, 1.165) is 37.3 Å². The molecule has 1 fully saturated rings. The number of para-hydroxylation sites is 2. The van der Waals surface area contributed by atoms with E-state index in [-0.39, 0.29) is 29.3 Å². The summed E-state index contributed by atoms with van der Waals surface area (Å²) in [5, 5.41) is 16.3. The Morgan fingerprint density at radius 1 is 0.909 bits per heavy atom. The fraction of sp³-hybridized carbons (Fsp3) is 0.261. The van der Waals surface area contributed by atoms with E-state index < -0.39 is 5.78 Å². The zero-order chi connectivity index (χ0) is 22.5. The summed E-state index contributed by atoms with van der Waals surface area (Å²) in [7, 11) is 0. The molecule has 2 aromatic heterocycles. The zero-order valence-electron chi connectivity index (χ0n) is 17.7. The molecule has 0 saturated carbocycles. The third-order valence-corrected chi connectivity index (χ3v) is 6.27. The van der Waals surface area contributed by atoms with Gasteiger partial charge >= 0.3 is 0 Å². The smallest absolute Gasteiger partial charge is 0.298 e. The lowest BCUT2D eigenvalue weighted by molar-refractivity contribution is -0.749. The van der Waals surface area contributed by atoms with Crippen LogP contribution in [0.2, 0.25) is 0 Å². The molecule has 0 N–H and O–H groups in total. The van der Waals surface area contributed by atoms with Gasteiger partial charge in [-0.15, -0.1) is 4.68 Å². The number of benzene rings is 2. The number of hydrogen-bond donors (Lipinski definition) is 0. The van der Waals surface area contributed by atoms with Gasteiger partial charge in [-0.05, 0) is 12.1 Å². The molecule has 2 aromatic carbocycles. The fourth-order valence-corrected chi connectivity index (χ4v) is 4.50. The molecule has 10 nitrogen and oxygen atoms in total. The molecule has 1 aliphatic carbocycles. The lowest BCUT2D eigenvalue weighted by Crippen LogP contribution is -2.49. The first-order valence-corrected chi connectivity index (χ1v) is 10.8. The molecular formula is C23H20N6O4. The van der Waals surface area contributed by atoms with Gasteiger partial charge in [0.25, 0.3) is 6.01 Å². The van der Waals surface area contributed by atoms with Gasteiger partial charge in [-0.3, -0.25) is 14.5 Å². The topological polar surface area (TPSA) is 111 Å². The summed E-state index contributed by atoms with van der Waals surface area (Å²) in [4.78, 5) is 35.0. The summed E-state index contributed by atoms with van der Waals surface area (Å²) in [5.41, 5.74) is 2.19. The lowest BCUT2D eigenvalue weighted by atomic mass is 9.90. The molecule has 0 radical (unpaired) electrons. The Morgan fingerprint density at radius 3 is 2.36 bits per heavy atom. The molecule has 166 valence electrons. The highest BCUT2D eigenvalue weighted by atomic mass is 16.5. The quantitative estimate of drug-likeness (QED) is 0.301. The van der Waals surface area contributed by atoms with E-state index in [0.29, 0.717) is 23.1 Å². The normalized spacial score (nSPS) is 16.3. The average molecular weight is 444 g/mol. The number of carbonyl (C=O) groups is 2. The van der Waals surface area contributed by atoms with Gasteiger partial charge in [-0.1, -0.05) is 36.4 Å². The van der Waals surface area contributed by atoms with Crippen LogP contribution in [0, 0.1) is 5.21 Å². The predicted octanol–water partition coefficient (Wildman–Crippen LogP) is 1.26. The molecule has 2 aliphatic rings. The highest BCUT2D eigenvalue weighted by molar-refractivity contribution is 6.26. The van der Waals surface area contributed by atoms with Crippen molar-refractivity contribution < 1.29 is 19.0 Å². The van der Waals surface area contributed by atoms with E-state index in [1.807, 2.05) is 24.3 Å². The summed E-state index contributed by atoms with van der Waals surface area (Å²) in [6, 6.07) is 14.9. The Labute approximate surface area is 188 Å². The van der Waals surface area contributed by atoms with Crippen molar-refractivity contribution in [3.63, 3.8) is 0 Å². The average Bonchev–Trinajstić information content (AvgIpc) is 3.43. The number of aromatic nitrogens is 4. The van der Waals surface area contributed by atoms with Gasteiger partial charge in [0.15, 0.2) is 11.3 Å². The van der Waals surface area contributed by atoms with E-state index in [1.54, 1.807) is 24.3 Å². The number of oxazole rings is 1. The molecule has 6 rings (SSSR count). The molecule has 4 aromatic rings. The Morgan fingerprint density at radius 2 is 1.61 bits per heavy atom. The third-order valence-electron chi connectivity index (χ3n) is 6.27. The highest BCUT2D eigenvalue weighted by Crippen LogP contribution is 2.26. The maximum absolute atomic E-state index is 13.0. The minimum absolute atomic E-state index is 0.0683. The summed E-state index contributed by atoms with van der Waals surface area (Å²) >= 11 is 0. The molecule has 1 saturated heterocycles. The molecule has 0 spiro atoms. The van der Waals surface area contributed by atoms with Crippen LogP contribution in [0.4, 0.5) is 6.01 Å². The molecule has 0 unspecified atom stereocenters. The summed E-state index contributed by atoms with van der Waals surface area (Å²) in [6.45, 7) is 3.79. The van der Waals surface area contributed by atoms with Crippen molar-refractivity contribution in [1.82, 2.24) is 19.7 Å². The maximum atomic E-state index is 13.0. The maximum Gasteiger partial charge on any atom is 0.298 e. The van der Waals surface area contributed by atoms with Crippen molar-refractivity contribution in [3.8, 4) is 0 Å². The SMILES string of the molecule is O=C1c2ccccc2C(=O)c2c1n[n+]([O-])n2CCN1CCN(c2nc3ccccc3o2)CC1. The molecule has 0 amide bonds. The van der Waals surface area contributed by atoms with Crippen LogP contribution in [0.25, 0.3) is 11.1 Å². The van der Waals surface area contributed by atoms with Gasteiger partial charge in [0.2, 0.25) is 17.3 Å². The van der Waals surface area contributed by atoms with E-state index in [9.17, 15) is 14.8 Å². The van der Waals surface area contributed by atoms with Gasteiger partial charge < -0.3 is 14.5 Å². The first kappa shape index (κ1) is 19.6. The Kier molecular flexibility index (Phi) is 4.47. The van der Waals surface area contributed by atoms with Crippen molar-refractivity contribution in [3.05, 3.63) is 76.3 Å². The minimum Gasteiger partial charge on any atom is -0.571 e. The van der Waals surface area contributed by atoms with Crippen LogP contribution in [0.5, 0.6) is 0 Å². The molecule has 1 aliphatic heterocycles. The number of fused-ring (bicyclic) bond motifs is 3. The van der Waals surface area contributed by atoms with Crippen LogP contribution in [-0.2, 0) is 6.54 Å². The second-order valence-corrected chi connectivity index (χ2v) is 8.17. The third kappa shape index (κ3) is 3.18. The Hall–Kier alpha value is -4.05. The number of hydrogen-bond acceptors (Lipinski definition) is 8. The van der Waals surface area contributed by atoms with Gasteiger partial charge in [0.1, 0.15) is 5.52 Å². The second-order valence-electron chi connectivity index (χ2n) is 8.17. The van der Waals surface area contributed by atoms with Crippen LogP contribution in [0.15, 0.2) is 52.9 Å². The van der Waals surface area contributed by atoms with Crippen molar-refractivity contribution in [2.24, 2.45) is 0 Å². The first-order valence-electron chi connectivity index (χ1n) is 10.8. The molecule has 3 heterocycles. The number of anilines is 1. The summed E-state index contributed by atoms with van der Waals surface area (Å²) < 4.78 is 7.12. The van der Waals surface area contributed by atoms with Crippen molar-refractivity contribution in [1.29, 1.82) is 0 Å². The van der Waals surface area contributed by atoms with E-state index in [2.05, 4.69) is 19.9 Å². The number of carbonyl (C=O) groups excluding carboxylic acids is 2. The number of nitrogens with zero attached hydrogens (tertiary/aromatic N) is 6. The largest absolute Gasteiger partial charge is 0.571 e. The molecule has 0 bridgehead atoms. The standard InChI is InChI=1S/C23H20N6O4/c30-21-15-5-1-2-6-16(15)22(31)20-19(21)25-29(32)28(20)14-11-26-9-12-27(13-10-26)23-24-17-7-3-4-8-18(17)33-23/h1-8H,9-14H2. The van der Waals surface area contributed by atoms with Gasteiger partial charge in [-0.25, -0.2) is 0 Å². The lowest BCUT2D eigenvalue weighted by Gasteiger charge is -2.33. The highest BCUT2D eigenvalue weighted by Gasteiger charge is 2.39. The van der Waals surface area contributed by atoms with Crippen LogP contribution >= 0.6 is 0 Å². The molecule has 10 heteroatoms. The van der Waals surface area contributed by atoms with Crippen LogP contribution in [-0.4, -0.2) is 64.0 Å². The van der Waals surface area contributed by atoms with Crippen molar-refractivity contribution >= 4 is 28.7 Å². The monoisotopic (exact) mass is 444 g/mol. The Balaban J connectivity index is 1.15. The van der Waals surface area contributed by atoms with Crippen LogP contribution in [0.1, 0.15) is 32.1 Å². The fourth-order valence-electron chi connectivity index (χ4n) is 4.50. The van der Waals surface area contributed by atoms with Gasteiger partial charge in [0.05, 0.1) is 6.54 Å². The predicted molar refractivity (Wildman–Crippen MR) is 117 cm³/mol. The van der Waals surface area contributed by atoms with E-state index >= 15 is 0 Å². The molecule has 0 atom stereocenters. The van der Waals surface area contributed by atoms with Crippen LogP contribution in [0.3, 0.4) is 0 Å². The molecule has 33 heavy (non-hydrogen) atoms.